The summed E-state index contributed by atoms with van der Waals surface area (Å²) in [7, 11) is 0. The molecule has 0 aliphatic rings. The molecule has 0 amide bonds. The second kappa shape index (κ2) is 5.27. The molecule has 0 fully saturated rings. The first-order valence-corrected chi connectivity index (χ1v) is 6.01. The minimum absolute atomic E-state index is 0.0757. The summed E-state index contributed by atoms with van der Waals surface area (Å²) < 4.78 is 0. The molecular weight excluding hydrogens is 248 g/mol. The number of aromatic nitrogens is 2. The van der Waals surface area contributed by atoms with Gasteiger partial charge in [0.25, 0.3) is 0 Å². The molecule has 1 aromatic heterocycles. The monoisotopic (exact) mass is 260 g/mol. The highest BCUT2D eigenvalue weighted by Crippen LogP contribution is 2.19. The minimum Gasteiger partial charge on any atom is -0.292 e. The highest BCUT2D eigenvalue weighted by Gasteiger charge is 2.11. The molecule has 1 aromatic carbocycles. The molecule has 0 radical (unpaired) electrons. The van der Waals surface area contributed by atoms with Crippen LogP contribution in [0, 0.1) is 13.8 Å². The predicted molar refractivity (Wildman–Crippen MR) is 71.0 cm³/mol. The molecule has 2 aromatic rings. The van der Waals surface area contributed by atoms with Crippen LogP contribution in [0.2, 0.25) is 5.02 Å². The normalized spacial score (nSPS) is 10.4. The molecule has 0 unspecified atom stereocenters. The average Bonchev–Trinajstić information content (AvgIpc) is 2.33. The Kier molecular flexibility index (Phi) is 3.72. The molecule has 0 saturated heterocycles. The van der Waals surface area contributed by atoms with E-state index in [1.165, 1.54) is 6.20 Å². The van der Waals surface area contributed by atoms with Gasteiger partial charge in [-0.2, -0.15) is 0 Å². The van der Waals surface area contributed by atoms with Gasteiger partial charge in [0.15, 0.2) is 5.78 Å². The van der Waals surface area contributed by atoms with Crippen molar-refractivity contribution < 1.29 is 4.79 Å². The second-order valence-electron chi connectivity index (χ2n) is 4.24. The lowest BCUT2D eigenvalue weighted by molar-refractivity contribution is 0.0988. The first kappa shape index (κ1) is 12.7. The molecule has 0 N–H and O–H groups in total. The second-order valence-corrected chi connectivity index (χ2v) is 4.65. The van der Waals surface area contributed by atoms with E-state index in [0.717, 1.165) is 16.8 Å². The SMILES string of the molecule is Cc1ccc(CC(=O)c2cnc(C)cn2)c(Cl)c1. The van der Waals surface area contributed by atoms with Crippen molar-refractivity contribution in [3.8, 4) is 0 Å². The maximum absolute atomic E-state index is 12.0. The van der Waals surface area contributed by atoms with Crippen molar-refractivity contribution in [1.82, 2.24) is 9.97 Å². The highest BCUT2D eigenvalue weighted by molar-refractivity contribution is 6.31. The lowest BCUT2D eigenvalue weighted by atomic mass is 10.1. The van der Waals surface area contributed by atoms with Gasteiger partial charge in [-0.1, -0.05) is 23.7 Å². The zero-order valence-electron chi connectivity index (χ0n) is 10.3. The number of nitrogens with zero attached hydrogens (tertiary/aromatic N) is 2. The van der Waals surface area contributed by atoms with Crippen molar-refractivity contribution in [3.63, 3.8) is 0 Å². The standard InChI is InChI=1S/C14H13ClN2O/c1-9-3-4-11(12(15)5-9)6-14(18)13-8-16-10(2)7-17-13/h3-5,7-8H,6H2,1-2H3. The Labute approximate surface area is 111 Å². The van der Waals surface area contributed by atoms with Crippen LogP contribution in [-0.4, -0.2) is 15.8 Å². The van der Waals surface area contributed by atoms with Crippen molar-refractivity contribution in [2.75, 3.05) is 0 Å². The van der Waals surface area contributed by atoms with E-state index in [0.29, 0.717) is 10.7 Å². The van der Waals surface area contributed by atoms with Gasteiger partial charge in [-0.3, -0.25) is 9.78 Å². The molecule has 4 heteroatoms. The fourth-order valence-corrected chi connectivity index (χ4v) is 1.90. The average molecular weight is 261 g/mol. The Morgan fingerprint density at radius 3 is 2.61 bits per heavy atom. The molecule has 0 aliphatic carbocycles. The summed E-state index contributed by atoms with van der Waals surface area (Å²) in [6, 6.07) is 5.66. The van der Waals surface area contributed by atoms with Crippen LogP contribution >= 0.6 is 11.6 Å². The van der Waals surface area contributed by atoms with Crippen LogP contribution in [0.4, 0.5) is 0 Å². The third kappa shape index (κ3) is 2.93. The van der Waals surface area contributed by atoms with Gasteiger partial charge in [0.05, 0.1) is 11.9 Å². The molecule has 1 heterocycles. The van der Waals surface area contributed by atoms with Gasteiger partial charge < -0.3 is 0 Å². The van der Waals surface area contributed by atoms with Gasteiger partial charge in [0, 0.05) is 17.6 Å². The van der Waals surface area contributed by atoms with E-state index in [4.69, 9.17) is 11.6 Å². The Balaban J connectivity index is 2.18. The Bertz CT molecular complexity index is 579. The first-order valence-electron chi connectivity index (χ1n) is 5.63. The molecule has 0 atom stereocenters. The van der Waals surface area contributed by atoms with E-state index in [2.05, 4.69) is 9.97 Å². The molecule has 0 aliphatic heterocycles. The van der Waals surface area contributed by atoms with Crippen LogP contribution in [0.5, 0.6) is 0 Å². The van der Waals surface area contributed by atoms with Crippen molar-refractivity contribution >= 4 is 17.4 Å². The lowest BCUT2D eigenvalue weighted by Gasteiger charge is -2.04. The molecule has 0 bridgehead atoms. The van der Waals surface area contributed by atoms with Gasteiger partial charge in [0.2, 0.25) is 0 Å². The first-order chi connectivity index (χ1) is 8.56. The summed E-state index contributed by atoms with van der Waals surface area (Å²) in [5.41, 5.74) is 3.05. The molecule has 18 heavy (non-hydrogen) atoms. The summed E-state index contributed by atoms with van der Waals surface area (Å²) in [6.45, 7) is 3.79. The molecule has 0 spiro atoms. The van der Waals surface area contributed by atoms with E-state index in [1.807, 2.05) is 32.0 Å². The van der Waals surface area contributed by atoms with Gasteiger partial charge >= 0.3 is 0 Å². The molecule has 0 saturated carbocycles. The molecule has 3 nitrogen and oxygen atoms in total. The third-order valence-electron chi connectivity index (χ3n) is 2.63. The van der Waals surface area contributed by atoms with Crippen LogP contribution < -0.4 is 0 Å². The number of rotatable bonds is 3. The van der Waals surface area contributed by atoms with Crippen LogP contribution in [0.1, 0.15) is 27.3 Å². The van der Waals surface area contributed by atoms with Crippen molar-refractivity contribution in [1.29, 1.82) is 0 Å². The van der Waals surface area contributed by atoms with Crippen molar-refractivity contribution in [3.05, 3.63) is 58.1 Å². The number of aryl methyl sites for hydroxylation is 2. The summed E-state index contributed by atoms with van der Waals surface area (Å²) in [5, 5.41) is 0.614. The van der Waals surface area contributed by atoms with E-state index in [9.17, 15) is 4.79 Å². The number of Topliss-reactive ketones (excluding diaryl/α,β-unsaturated/α-hetero) is 1. The van der Waals surface area contributed by atoms with Crippen LogP contribution in [0.25, 0.3) is 0 Å². The van der Waals surface area contributed by atoms with Gasteiger partial charge in [-0.15, -0.1) is 0 Å². The Morgan fingerprint density at radius 2 is 2.00 bits per heavy atom. The largest absolute Gasteiger partial charge is 0.292 e. The fraction of sp³-hybridized carbons (Fsp3) is 0.214. The molecule has 2 rings (SSSR count). The van der Waals surface area contributed by atoms with E-state index < -0.39 is 0 Å². The Morgan fingerprint density at radius 1 is 1.22 bits per heavy atom. The number of ketones is 1. The molecular formula is C14H13ClN2O. The Hall–Kier alpha value is -1.74. The fourth-order valence-electron chi connectivity index (χ4n) is 1.60. The topological polar surface area (TPSA) is 42.9 Å². The van der Waals surface area contributed by atoms with Gasteiger partial charge in [-0.25, -0.2) is 4.98 Å². The number of carbonyl (C=O) groups is 1. The van der Waals surface area contributed by atoms with E-state index in [-0.39, 0.29) is 12.2 Å². The maximum atomic E-state index is 12.0. The quantitative estimate of drug-likeness (QED) is 0.796. The van der Waals surface area contributed by atoms with Crippen molar-refractivity contribution in [2.45, 2.75) is 20.3 Å². The number of hydrogen-bond donors (Lipinski definition) is 0. The van der Waals surface area contributed by atoms with E-state index >= 15 is 0 Å². The number of carbonyl (C=O) groups excluding carboxylic acids is 1. The van der Waals surface area contributed by atoms with E-state index in [1.54, 1.807) is 6.20 Å². The third-order valence-corrected chi connectivity index (χ3v) is 2.98. The van der Waals surface area contributed by atoms with Crippen molar-refractivity contribution in [2.24, 2.45) is 0 Å². The lowest BCUT2D eigenvalue weighted by Crippen LogP contribution is -2.07. The minimum atomic E-state index is -0.0757. The zero-order chi connectivity index (χ0) is 13.1. The van der Waals surface area contributed by atoms with Gasteiger partial charge in [0.1, 0.15) is 5.69 Å². The number of halogens is 1. The number of hydrogen-bond acceptors (Lipinski definition) is 3. The smallest absolute Gasteiger partial charge is 0.187 e. The zero-order valence-corrected chi connectivity index (χ0v) is 11.0. The van der Waals surface area contributed by atoms with Gasteiger partial charge in [-0.05, 0) is 31.0 Å². The highest BCUT2D eigenvalue weighted by atomic mass is 35.5. The molecule has 92 valence electrons. The predicted octanol–water partition coefficient (Wildman–Crippen LogP) is 3.17. The number of benzene rings is 1. The summed E-state index contributed by atoms with van der Waals surface area (Å²) >= 11 is 6.10. The van der Waals surface area contributed by atoms with Crippen LogP contribution in [0.15, 0.2) is 30.6 Å². The summed E-state index contributed by atoms with van der Waals surface area (Å²) in [6.07, 6.45) is 3.33. The maximum Gasteiger partial charge on any atom is 0.187 e. The summed E-state index contributed by atoms with van der Waals surface area (Å²) in [4.78, 5) is 20.1. The van der Waals surface area contributed by atoms with Crippen LogP contribution in [-0.2, 0) is 6.42 Å². The van der Waals surface area contributed by atoms with Crippen LogP contribution in [0.3, 0.4) is 0 Å². The summed E-state index contributed by atoms with van der Waals surface area (Å²) in [5.74, 6) is -0.0757.